The molecule has 2 aliphatic rings. The zero-order chi connectivity index (χ0) is 27.5. The van der Waals surface area contributed by atoms with Crippen molar-refractivity contribution in [2.75, 3.05) is 25.4 Å². The number of primary sulfonamides is 1. The molecule has 15 nitrogen and oxygen atoms in total. The summed E-state index contributed by atoms with van der Waals surface area (Å²) in [6.07, 6.45) is -0.512. The van der Waals surface area contributed by atoms with E-state index in [9.17, 15) is 42.5 Å². The van der Waals surface area contributed by atoms with Crippen molar-refractivity contribution in [2.45, 2.75) is 31.7 Å². The summed E-state index contributed by atoms with van der Waals surface area (Å²) in [5.41, 5.74) is 0.209. The number of aromatic carboxylic acids is 1. The van der Waals surface area contributed by atoms with Crippen molar-refractivity contribution in [1.82, 2.24) is 20.4 Å². The van der Waals surface area contributed by atoms with Gasteiger partial charge in [0.1, 0.15) is 11.8 Å². The van der Waals surface area contributed by atoms with E-state index in [1.165, 1.54) is 17.0 Å². The molecule has 17 heteroatoms. The molecular formula is C20H26BN5O10S. The van der Waals surface area contributed by atoms with E-state index in [1.807, 2.05) is 0 Å². The number of likely N-dealkylation sites (N-methyl/N-ethyl adjacent to an activating group) is 1. The minimum atomic E-state index is -4.04. The number of benzene rings is 1. The lowest BCUT2D eigenvalue weighted by molar-refractivity contribution is -0.153. The van der Waals surface area contributed by atoms with Crippen LogP contribution in [0.5, 0.6) is 5.75 Å². The van der Waals surface area contributed by atoms with Crippen LogP contribution in [0.1, 0.15) is 29.3 Å². The maximum absolute atomic E-state index is 13.0. The molecule has 2 aliphatic heterocycles. The first-order valence-electron chi connectivity index (χ1n) is 11.2. The van der Waals surface area contributed by atoms with Gasteiger partial charge in [-0.2, -0.15) is 0 Å². The number of nitrogens with one attached hydrogen (secondary N) is 2. The topological polar surface area (TPSA) is 226 Å². The zero-order valence-electron chi connectivity index (χ0n) is 19.7. The third-order valence-corrected chi connectivity index (χ3v) is 6.72. The molecule has 0 bridgehead atoms. The second kappa shape index (κ2) is 11.1. The van der Waals surface area contributed by atoms with E-state index >= 15 is 0 Å². The summed E-state index contributed by atoms with van der Waals surface area (Å²) in [5, 5.41) is 29.4. The number of amides is 5. The quantitative estimate of drug-likeness (QED) is 0.169. The first kappa shape index (κ1) is 27.9. The van der Waals surface area contributed by atoms with Crippen molar-refractivity contribution in [3.05, 3.63) is 29.3 Å². The van der Waals surface area contributed by atoms with Crippen LogP contribution in [0.2, 0.25) is 0 Å². The van der Waals surface area contributed by atoms with Gasteiger partial charge in [-0.15, -0.1) is 0 Å². The zero-order valence-corrected chi connectivity index (χ0v) is 20.6. The molecule has 37 heavy (non-hydrogen) atoms. The molecular weight excluding hydrogens is 513 g/mol. The Balaban J connectivity index is 1.75. The molecule has 1 saturated heterocycles. The number of carbonyl (C=O) groups excluding carboxylic acids is 4. The van der Waals surface area contributed by atoms with Crippen molar-refractivity contribution in [3.8, 4) is 5.75 Å². The van der Waals surface area contributed by atoms with Gasteiger partial charge in [-0.25, -0.2) is 23.1 Å². The summed E-state index contributed by atoms with van der Waals surface area (Å²) in [6.45, 7) is 1.89. The van der Waals surface area contributed by atoms with E-state index in [2.05, 4.69) is 10.6 Å². The fraction of sp³-hybridized carbons (Fsp3) is 0.450. The number of piperazine rings is 1. The number of carboxylic acids is 1. The van der Waals surface area contributed by atoms with Crippen LogP contribution in [-0.2, 0) is 30.8 Å². The Hall–Kier alpha value is -3.70. The normalized spacial score (nSPS) is 18.6. The summed E-state index contributed by atoms with van der Waals surface area (Å²) in [4.78, 5) is 63.5. The smallest absolute Gasteiger partial charge is 0.534 e. The third-order valence-electron chi connectivity index (χ3n) is 5.92. The number of urea groups is 1. The molecule has 0 aromatic heterocycles. The Morgan fingerprint density at radius 1 is 1.24 bits per heavy atom. The maximum atomic E-state index is 13.0. The van der Waals surface area contributed by atoms with Crippen LogP contribution in [-0.4, -0.2) is 103 Å². The lowest BCUT2D eigenvalue weighted by Crippen LogP contribution is -2.62. The van der Waals surface area contributed by atoms with Gasteiger partial charge in [0.05, 0.1) is 17.3 Å². The highest BCUT2D eigenvalue weighted by molar-refractivity contribution is 7.89. The van der Waals surface area contributed by atoms with E-state index in [-0.39, 0.29) is 37.4 Å². The fourth-order valence-corrected chi connectivity index (χ4v) is 4.51. The molecule has 0 saturated carbocycles. The molecule has 6 N–H and O–H groups in total. The van der Waals surface area contributed by atoms with Crippen LogP contribution < -0.4 is 20.4 Å². The summed E-state index contributed by atoms with van der Waals surface area (Å²) in [5.74, 6) is -6.03. The molecule has 5 amide bonds. The predicted molar refractivity (Wildman–Crippen MR) is 127 cm³/mol. The molecule has 1 fully saturated rings. The number of hydrogen-bond acceptors (Lipinski definition) is 9. The summed E-state index contributed by atoms with van der Waals surface area (Å²) >= 11 is 0. The van der Waals surface area contributed by atoms with E-state index in [1.54, 1.807) is 13.0 Å². The summed E-state index contributed by atoms with van der Waals surface area (Å²) in [7, 11) is -5.70. The SMILES string of the molecule is CCN1CCN(C(=O)NC(CCS(N)(=O)=O)C(=O)N[C@H]2Cc3cccc(C(=O)O)c3OB2O)C(=O)C1=O. The Morgan fingerprint density at radius 3 is 2.57 bits per heavy atom. The molecule has 2 heterocycles. The summed E-state index contributed by atoms with van der Waals surface area (Å²) < 4.78 is 28.3. The molecule has 1 aromatic carbocycles. The van der Waals surface area contributed by atoms with Crippen molar-refractivity contribution >= 4 is 46.9 Å². The van der Waals surface area contributed by atoms with Crippen molar-refractivity contribution < 1.29 is 47.2 Å². The van der Waals surface area contributed by atoms with E-state index in [0.29, 0.717) is 10.5 Å². The Labute approximate surface area is 212 Å². The lowest BCUT2D eigenvalue weighted by atomic mass is 9.72. The number of sulfonamides is 1. The predicted octanol–water partition coefficient (Wildman–Crippen LogP) is -2.73. The fourth-order valence-electron chi connectivity index (χ4n) is 3.95. The minimum absolute atomic E-state index is 0.0365. The van der Waals surface area contributed by atoms with Gasteiger partial charge in [-0.1, -0.05) is 12.1 Å². The van der Waals surface area contributed by atoms with Crippen LogP contribution >= 0.6 is 0 Å². The largest absolute Gasteiger partial charge is 0.547 e. The lowest BCUT2D eigenvalue weighted by Gasteiger charge is -2.33. The van der Waals surface area contributed by atoms with Gasteiger partial charge in [-0.05, 0) is 31.4 Å². The van der Waals surface area contributed by atoms with Crippen LogP contribution in [0, 0.1) is 0 Å². The first-order chi connectivity index (χ1) is 17.3. The standard InChI is InChI=1S/C20H26BN5O10S/c1-2-25-7-8-26(18(29)17(25)28)20(32)23-13(6-9-37(22,34)35)16(27)24-14-10-11-4-3-5-12(19(30)31)15(11)36-21(14)33/h3-5,13-14,33H,2,6-10H2,1H3,(H,23,32)(H,24,27)(H,30,31)(H2,22,34,35)/t13?,14-/m0/s1. The van der Waals surface area contributed by atoms with E-state index in [0.717, 1.165) is 0 Å². The van der Waals surface area contributed by atoms with Crippen molar-refractivity contribution in [2.24, 2.45) is 5.14 Å². The van der Waals surface area contributed by atoms with E-state index in [4.69, 9.17) is 9.79 Å². The minimum Gasteiger partial charge on any atom is -0.534 e. The monoisotopic (exact) mass is 539 g/mol. The van der Waals surface area contributed by atoms with Crippen molar-refractivity contribution in [1.29, 1.82) is 0 Å². The van der Waals surface area contributed by atoms with Gasteiger partial charge in [0.25, 0.3) is 0 Å². The second-order valence-corrected chi connectivity index (χ2v) is 10.2. The highest BCUT2D eigenvalue weighted by atomic mass is 32.2. The molecule has 1 unspecified atom stereocenters. The van der Waals surface area contributed by atoms with Crippen LogP contribution in [0.3, 0.4) is 0 Å². The van der Waals surface area contributed by atoms with Crippen LogP contribution in [0.25, 0.3) is 0 Å². The number of rotatable bonds is 8. The highest BCUT2D eigenvalue weighted by Crippen LogP contribution is 2.30. The van der Waals surface area contributed by atoms with Crippen LogP contribution in [0.15, 0.2) is 18.2 Å². The molecule has 0 radical (unpaired) electrons. The van der Waals surface area contributed by atoms with Gasteiger partial charge in [0, 0.05) is 19.6 Å². The van der Waals surface area contributed by atoms with Crippen molar-refractivity contribution in [3.63, 3.8) is 0 Å². The molecule has 2 atom stereocenters. The number of carbonyl (C=O) groups is 5. The number of fused-ring (bicyclic) bond motifs is 1. The first-order valence-corrected chi connectivity index (χ1v) is 13.0. The number of imide groups is 1. The maximum Gasteiger partial charge on any atom is 0.547 e. The Morgan fingerprint density at radius 2 is 1.95 bits per heavy atom. The summed E-state index contributed by atoms with van der Waals surface area (Å²) in [6, 6.07) is 1.70. The average molecular weight is 539 g/mol. The number of nitrogens with two attached hydrogens (primary N) is 1. The van der Waals surface area contributed by atoms with Gasteiger partial charge in [0.2, 0.25) is 15.9 Å². The molecule has 1 aromatic rings. The van der Waals surface area contributed by atoms with Gasteiger partial charge < -0.3 is 30.3 Å². The Bertz CT molecular complexity index is 1230. The van der Waals surface area contributed by atoms with Gasteiger partial charge in [0.15, 0.2) is 0 Å². The Kier molecular flexibility index (Phi) is 8.40. The van der Waals surface area contributed by atoms with Gasteiger partial charge >= 0.3 is 30.9 Å². The number of nitrogens with zero attached hydrogens (tertiary/aromatic N) is 2. The molecule has 0 aliphatic carbocycles. The van der Waals surface area contributed by atoms with Gasteiger partial charge in [-0.3, -0.25) is 19.3 Å². The van der Waals surface area contributed by atoms with E-state index < -0.39 is 71.0 Å². The molecule has 0 spiro atoms. The highest BCUT2D eigenvalue weighted by Gasteiger charge is 2.40. The number of para-hydroxylation sites is 1. The number of carboxylic acid groups (broad SMARTS) is 1. The third kappa shape index (κ3) is 6.55. The number of hydrogen-bond donors (Lipinski definition) is 5. The molecule has 200 valence electrons. The average Bonchev–Trinajstić information content (AvgIpc) is 2.82. The molecule has 3 rings (SSSR count). The van der Waals surface area contributed by atoms with Crippen LogP contribution in [0.4, 0.5) is 4.79 Å². The second-order valence-electron chi connectivity index (χ2n) is 8.43.